The number of rotatable bonds is 5. The SMILES string of the molecule is CC(n1ccnc1-c1cccc(-n2ccc3ccc(-n4cnc(C5CC5)c4)cc3c2=O)n1)C(F)(F)F. The van der Waals surface area contributed by atoms with E-state index < -0.39 is 12.2 Å². The van der Waals surface area contributed by atoms with Crippen LogP contribution in [-0.4, -0.2) is 34.8 Å². The number of pyridine rings is 2. The van der Waals surface area contributed by atoms with Crippen LogP contribution in [0.4, 0.5) is 13.2 Å². The molecule has 1 aliphatic rings. The molecule has 0 amide bonds. The van der Waals surface area contributed by atoms with Gasteiger partial charge in [0.2, 0.25) is 0 Å². The van der Waals surface area contributed by atoms with Crippen molar-refractivity contribution >= 4 is 10.8 Å². The van der Waals surface area contributed by atoms with Gasteiger partial charge in [-0.05, 0) is 55.5 Å². The van der Waals surface area contributed by atoms with E-state index in [9.17, 15) is 18.0 Å². The zero-order valence-corrected chi connectivity index (χ0v) is 19.2. The van der Waals surface area contributed by atoms with Gasteiger partial charge in [-0.15, -0.1) is 0 Å². The van der Waals surface area contributed by atoms with Gasteiger partial charge in [0, 0.05) is 41.8 Å². The van der Waals surface area contributed by atoms with E-state index in [-0.39, 0.29) is 22.9 Å². The fourth-order valence-corrected chi connectivity index (χ4v) is 4.30. The summed E-state index contributed by atoms with van der Waals surface area (Å²) in [6.07, 6.45) is 5.82. The molecule has 4 heterocycles. The Hall–Kier alpha value is -4.21. The molecule has 7 nitrogen and oxygen atoms in total. The second-order valence-electron chi connectivity index (χ2n) is 9.00. The Bertz CT molecular complexity index is 1640. The molecule has 5 aromatic rings. The molecule has 1 aliphatic carbocycles. The Morgan fingerprint density at radius 3 is 2.67 bits per heavy atom. The van der Waals surface area contributed by atoms with Crippen LogP contribution in [0, 0.1) is 0 Å². The van der Waals surface area contributed by atoms with Gasteiger partial charge < -0.3 is 9.13 Å². The average molecular weight is 490 g/mol. The first-order valence-electron chi connectivity index (χ1n) is 11.6. The van der Waals surface area contributed by atoms with E-state index >= 15 is 0 Å². The second-order valence-corrected chi connectivity index (χ2v) is 9.00. The number of hydrogen-bond acceptors (Lipinski definition) is 4. The molecule has 1 unspecified atom stereocenters. The van der Waals surface area contributed by atoms with Gasteiger partial charge in [-0.3, -0.25) is 9.36 Å². The van der Waals surface area contributed by atoms with Gasteiger partial charge in [-0.25, -0.2) is 15.0 Å². The lowest BCUT2D eigenvalue weighted by atomic mass is 10.1. The molecular weight excluding hydrogens is 469 g/mol. The van der Waals surface area contributed by atoms with Gasteiger partial charge in [0.15, 0.2) is 5.82 Å². The lowest BCUT2D eigenvalue weighted by molar-refractivity contribution is -0.162. The Morgan fingerprint density at radius 2 is 1.89 bits per heavy atom. The van der Waals surface area contributed by atoms with Crippen LogP contribution in [-0.2, 0) is 0 Å². The minimum atomic E-state index is -4.44. The number of aromatic nitrogens is 6. The third kappa shape index (κ3) is 3.88. The lowest BCUT2D eigenvalue weighted by Crippen LogP contribution is -2.24. The highest BCUT2D eigenvalue weighted by Crippen LogP contribution is 2.39. The molecule has 10 heteroatoms. The number of benzene rings is 1. The molecule has 1 saturated carbocycles. The van der Waals surface area contributed by atoms with Crippen molar-refractivity contribution in [3.05, 3.63) is 89.6 Å². The molecule has 6 rings (SSSR count). The van der Waals surface area contributed by atoms with Crippen molar-refractivity contribution in [2.45, 2.75) is 37.9 Å². The van der Waals surface area contributed by atoms with E-state index in [0.29, 0.717) is 11.3 Å². The van der Waals surface area contributed by atoms with Crippen molar-refractivity contribution in [3.8, 4) is 23.0 Å². The number of nitrogens with zero attached hydrogens (tertiary/aromatic N) is 6. The summed E-state index contributed by atoms with van der Waals surface area (Å²) in [7, 11) is 0. The first-order chi connectivity index (χ1) is 17.3. The minimum absolute atomic E-state index is 0.0735. The molecule has 1 atom stereocenters. The smallest absolute Gasteiger partial charge is 0.318 e. The topological polar surface area (TPSA) is 70.5 Å². The van der Waals surface area contributed by atoms with E-state index in [2.05, 4.69) is 15.0 Å². The summed E-state index contributed by atoms with van der Waals surface area (Å²) in [5, 5.41) is 1.27. The van der Waals surface area contributed by atoms with Crippen LogP contribution < -0.4 is 5.56 Å². The van der Waals surface area contributed by atoms with Crippen molar-refractivity contribution in [3.63, 3.8) is 0 Å². The maximum Gasteiger partial charge on any atom is 0.408 e. The molecular formula is C26H21F3N6O. The monoisotopic (exact) mass is 490 g/mol. The van der Waals surface area contributed by atoms with Gasteiger partial charge in [-0.1, -0.05) is 12.1 Å². The summed E-state index contributed by atoms with van der Waals surface area (Å²) in [6.45, 7) is 1.06. The molecule has 36 heavy (non-hydrogen) atoms. The summed E-state index contributed by atoms with van der Waals surface area (Å²) < 4.78 is 44.3. The molecule has 0 saturated heterocycles. The molecule has 182 valence electrons. The highest BCUT2D eigenvalue weighted by molar-refractivity contribution is 5.83. The van der Waals surface area contributed by atoms with Gasteiger partial charge in [0.1, 0.15) is 17.6 Å². The summed E-state index contributed by atoms with van der Waals surface area (Å²) >= 11 is 0. The maximum atomic E-state index is 13.5. The Labute approximate surface area is 203 Å². The largest absolute Gasteiger partial charge is 0.408 e. The number of fused-ring (bicyclic) bond motifs is 1. The number of imidazole rings is 2. The van der Waals surface area contributed by atoms with Gasteiger partial charge in [-0.2, -0.15) is 13.2 Å². The highest BCUT2D eigenvalue weighted by atomic mass is 19.4. The molecule has 0 bridgehead atoms. The maximum absolute atomic E-state index is 13.5. The van der Waals surface area contributed by atoms with Crippen LogP contribution >= 0.6 is 0 Å². The molecule has 4 aromatic heterocycles. The number of alkyl halides is 3. The second kappa shape index (κ2) is 8.18. The third-order valence-electron chi connectivity index (χ3n) is 6.56. The van der Waals surface area contributed by atoms with Crippen LogP contribution in [0.15, 0.2) is 78.4 Å². The Balaban J connectivity index is 1.40. The summed E-state index contributed by atoms with van der Waals surface area (Å²) in [5.41, 5.74) is 1.83. The summed E-state index contributed by atoms with van der Waals surface area (Å²) in [6, 6.07) is 10.5. The molecule has 1 aromatic carbocycles. The van der Waals surface area contributed by atoms with Crippen LogP contribution in [0.3, 0.4) is 0 Å². The van der Waals surface area contributed by atoms with E-state index in [0.717, 1.165) is 41.1 Å². The first kappa shape index (κ1) is 22.3. The van der Waals surface area contributed by atoms with Crippen LogP contribution in [0.5, 0.6) is 0 Å². The highest BCUT2D eigenvalue weighted by Gasteiger charge is 2.38. The quantitative estimate of drug-likeness (QED) is 0.329. The zero-order valence-electron chi connectivity index (χ0n) is 19.2. The van der Waals surface area contributed by atoms with E-state index in [4.69, 9.17) is 0 Å². The minimum Gasteiger partial charge on any atom is -0.318 e. The van der Waals surface area contributed by atoms with Crippen molar-refractivity contribution in [2.24, 2.45) is 0 Å². The molecule has 0 radical (unpaired) electrons. The standard InChI is InChI=1S/C26H21F3N6O/c1-16(26(27,28)29)34-12-10-30-24(34)21-3-2-4-23(32-21)35-11-9-17-7-8-19(13-20(17)25(35)36)33-14-22(31-15-33)18-5-6-18/h2-4,7-16,18H,5-6H2,1H3. The van der Waals surface area contributed by atoms with Crippen molar-refractivity contribution in [1.82, 2.24) is 28.7 Å². The van der Waals surface area contributed by atoms with Crippen LogP contribution in [0.2, 0.25) is 0 Å². The van der Waals surface area contributed by atoms with E-state index in [1.165, 1.54) is 17.0 Å². The molecule has 0 spiro atoms. The van der Waals surface area contributed by atoms with Gasteiger partial charge in [0.25, 0.3) is 5.56 Å². The summed E-state index contributed by atoms with van der Waals surface area (Å²) in [4.78, 5) is 26.5. The van der Waals surface area contributed by atoms with E-state index in [1.54, 1.807) is 30.7 Å². The van der Waals surface area contributed by atoms with Crippen molar-refractivity contribution in [1.29, 1.82) is 0 Å². The summed E-state index contributed by atoms with van der Waals surface area (Å²) in [5.74, 6) is 0.888. The van der Waals surface area contributed by atoms with Crippen molar-refractivity contribution in [2.75, 3.05) is 0 Å². The first-order valence-corrected chi connectivity index (χ1v) is 11.6. The lowest BCUT2D eigenvalue weighted by Gasteiger charge is -2.19. The van der Waals surface area contributed by atoms with Crippen molar-refractivity contribution < 1.29 is 13.2 Å². The van der Waals surface area contributed by atoms with Crippen LogP contribution in [0.25, 0.3) is 33.8 Å². The van der Waals surface area contributed by atoms with Gasteiger partial charge >= 0.3 is 6.18 Å². The predicted molar refractivity (Wildman–Crippen MR) is 128 cm³/mol. The normalized spacial score (nSPS) is 14.9. The zero-order chi connectivity index (χ0) is 25.0. The number of hydrogen-bond donors (Lipinski definition) is 0. The fraction of sp³-hybridized carbons (Fsp3) is 0.231. The van der Waals surface area contributed by atoms with E-state index in [1.807, 2.05) is 35.0 Å². The Morgan fingerprint density at radius 1 is 1.06 bits per heavy atom. The average Bonchev–Trinajstić information content (AvgIpc) is 3.39. The molecule has 0 N–H and O–H groups in total. The van der Waals surface area contributed by atoms with Crippen LogP contribution in [0.1, 0.15) is 37.4 Å². The van der Waals surface area contributed by atoms with Gasteiger partial charge in [0.05, 0.1) is 12.0 Å². The number of halogens is 3. The molecule has 0 aliphatic heterocycles. The fourth-order valence-electron chi connectivity index (χ4n) is 4.30. The molecule has 1 fully saturated rings. The third-order valence-corrected chi connectivity index (χ3v) is 6.56. The predicted octanol–water partition coefficient (Wildman–Crippen LogP) is 5.44. The Kier molecular flexibility index (Phi) is 5.06.